The third kappa shape index (κ3) is 5.30. The van der Waals surface area contributed by atoms with Crippen molar-refractivity contribution in [3.63, 3.8) is 0 Å². The fraction of sp³-hybridized carbons (Fsp3) is 0.364. The van der Waals surface area contributed by atoms with Gasteiger partial charge in [0.05, 0.1) is 27.1 Å². The number of carboxylic acids is 1. The van der Waals surface area contributed by atoms with Crippen molar-refractivity contribution in [2.24, 2.45) is 0 Å². The Morgan fingerprint density at radius 1 is 1.42 bits per heavy atom. The van der Waals surface area contributed by atoms with E-state index in [2.05, 4.69) is 0 Å². The first-order valence-corrected chi connectivity index (χ1v) is 9.05. The summed E-state index contributed by atoms with van der Waals surface area (Å²) in [5.74, 6) is -1.08. The van der Waals surface area contributed by atoms with Gasteiger partial charge in [0.1, 0.15) is 9.84 Å². The third-order valence-electron chi connectivity index (χ3n) is 2.28. The minimum absolute atomic E-state index is 0.0435. The Hall–Kier alpha value is -0.920. The largest absolute Gasteiger partial charge is 0.478 e. The lowest BCUT2D eigenvalue weighted by Gasteiger charge is -2.04. The minimum atomic E-state index is -3.08. The molecule has 1 unspecified atom stereocenters. The number of hydrogen-bond acceptors (Lipinski definition) is 4. The fourth-order valence-corrected chi connectivity index (χ4v) is 3.54. The topological polar surface area (TPSA) is 88.5 Å². The summed E-state index contributed by atoms with van der Waals surface area (Å²) in [6.45, 7) is 0. The minimum Gasteiger partial charge on any atom is -0.478 e. The summed E-state index contributed by atoms with van der Waals surface area (Å²) >= 11 is 5.70. The van der Waals surface area contributed by atoms with Gasteiger partial charge in [-0.05, 0) is 24.6 Å². The Kier molecular flexibility index (Phi) is 5.51. The van der Waals surface area contributed by atoms with Gasteiger partial charge in [0, 0.05) is 16.9 Å². The van der Waals surface area contributed by atoms with Gasteiger partial charge in [-0.3, -0.25) is 4.21 Å². The first kappa shape index (κ1) is 16.1. The van der Waals surface area contributed by atoms with Gasteiger partial charge in [0.15, 0.2) is 0 Å². The monoisotopic (exact) mass is 324 g/mol. The predicted molar refractivity (Wildman–Crippen MR) is 74.0 cm³/mol. The van der Waals surface area contributed by atoms with E-state index in [0.717, 1.165) is 6.26 Å². The lowest BCUT2D eigenvalue weighted by atomic mass is 10.2. The van der Waals surface area contributed by atoms with E-state index >= 15 is 0 Å². The highest BCUT2D eigenvalue weighted by Crippen LogP contribution is 2.20. The standard InChI is InChI=1S/C11H13ClO5S2/c1-19(16,17)6-2-5-18(15)8-3-4-10(12)9(7-8)11(13)14/h3-4,7H,2,5-6H2,1H3,(H,13,14). The smallest absolute Gasteiger partial charge is 0.337 e. The first-order valence-electron chi connectivity index (χ1n) is 5.29. The maximum absolute atomic E-state index is 11.9. The van der Waals surface area contributed by atoms with E-state index in [1.807, 2.05) is 0 Å². The number of hydrogen-bond donors (Lipinski definition) is 1. The number of carboxylic acid groups (broad SMARTS) is 1. The number of benzene rings is 1. The van der Waals surface area contributed by atoms with Crippen LogP contribution in [0.1, 0.15) is 16.8 Å². The molecule has 1 N–H and O–H groups in total. The average molecular weight is 325 g/mol. The van der Waals surface area contributed by atoms with Crippen LogP contribution >= 0.6 is 11.6 Å². The summed E-state index contributed by atoms with van der Waals surface area (Å²) < 4.78 is 33.8. The van der Waals surface area contributed by atoms with E-state index in [1.165, 1.54) is 18.2 Å². The van der Waals surface area contributed by atoms with Crippen molar-refractivity contribution in [3.05, 3.63) is 28.8 Å². The number of sulfone groups is 1. The van der Waals surface area contributed by atoms with Crippen LogP contribution in [-0.2, 0) is 20.6 Å². The predicted octanol–water partition coefficient (Wildman–Crippen LogP) is 1.58. The molecule has 0 saturated heterocycles. The van der Waals surface area contributed by atoms with Crippen molar-refractivity contribution in [3.8, 4) is 0 Å². The van der Waals surface area contributed by atoms with Gasteiger partial charge in [-0.1, -0.05) is 11.6 Å². The van der Waals surface area contributed by atoms with Crippen LogP contribution in [0.3, 0.4) is 0 Å². The van der Waals surface area contributed by atoms with Crippen molar-refractivity contribution in [2.45, 2.75) is 11.3 Å². The van der Waals surface area contributed by atoms with Crippen molar-refractivity contribution >= 4 is 38.2 Å². The van der Waals surface area contributed by atoms with Gasteiger partial charge in [0.2, 0.25) is 0 Å². The van der Waals surface area contributed by atoms with Crippen LogP contribution in [0.4, 0.5) is 0 Å². The second-order valence-electron chi connectivity index (χ2n) is 3.98. The molecule has 1 aromatic rings. The molecular weight excluding hydrogens is 312 g/mol. The lowest BCUT2D eigenvalue weighted by Crippen LogP contribution is -2.08. The molecule has 0 saturated carbocycles. The highest BCUT2D eigenvalue weighted by molar-refractivity contribution is 7.90. The zero-order chi connectivity index (χ0) is 14.6. The molecule has 0 radical (unpaired) electrons. The Bertz CT molecular complexity index is 610. The molecule has 0 aliphatic heterocycles. The molecule has 19 heavy (non-hydrogen) atoms. The second kappa shape index (κ2) is 6.49. The van der Waals surface area contributed by atoms with Crippen molar-refractivity contribution < 1.29 is 22.5 Å². The Labute approximate surface area is 119 Å². The molecule has 1 aromatic carbocycles. The zero-order valence-corrected chi connectivity index (χ0v) is 12.5. The van der Waals surface area contributed by atoms with Crippen LogP contribution in [-0.4, -0.2) is 41.5 Å². The first-order chi connectivity index (χ1) is 8.70. The normalized spacial score (nSPS) is 13.2. The second-order valence-corrected chi connectivity index (χ2v) is 8.22. The molecular formula is C11H13ClO5S2. The van der Waals surface area contributed by atoms with Crippen LogP contribution in [0, 0.1) is 0 Å². The van der Waals surface area contributed by atoms with Crippen LogP contribution in [0.2, 0.25) is 5.02 Å². The molecule has 0 amide bonds. The molecule has 5 nitrogen and oxygen atoms in total. The molecule has 0 spiro atoms. The SMILES string of the molecule is CS(=O)(=O)CCCS(=O)c1ccc(Cl)c(C(=O)O)c1. The number of halogens is 1. The highest BCUT2D eigenvalue weighted by Gasteiger charge is 2.13. The van der Waals surface area contributed by atoms with Crippen LogP contribution in [0.15, 0.2) is 23.1 Å². The van der Waals surface area contributed by atoms with Gasteiger partial charge in [-0.25, -0.2) is 13.2 Å². The van der Waals surface area contributed by atoms with Gasteiger partial charge < -0.3 is 5.11 Å². The van der Waals surface area contributed by atoms with E-state index in [4.69, 9.17) is 16.7 Å². The maximum atomic E-state index is 11.9. The molecule has 1 atom stereocenters. The zero-order valence-electron chi connectivity index (χ0n) is 10.1. The maximum Gasteiger partial charge on any atom is 0.337 e. The molecule has 106 valence electrons. The summed E-state index contributed by atoms with van der Waals surface area (Å²) in [6.07, 6.45) is 1.37. The lowest BCUT2D eigenvalue weighted by molar-refractivity contribution is 0.0697. The quantitative estimate of drug-likeness (QED) is 0.858. The summed E-state index contributed by atoms with van der Waals surface area (Å²) in [5.41, 5.74) is -0.115. The van der Waals surface area contributed by atoms with Gasteiger partial charge in [-0.2, -0.15) is 0 Å². The number of aromatic carboxylic acids is 1. The number of carbonyl (C=O) groups is 1. The molecule has 0 fully saturated rings. The van der Waals surface area contributed by atoms with Gasteiger partial charge in [-0.15, -0.1) is 0 Å². The van der Waals surface area contributed by atoms with E-state index in [1.54, 1.807) is 0 Å². The van der Waals surface area contributed by atoms with Crippen molar-refractivity contribution in [1.29, 1.82) is 0 Å². The van der Waals surface area contributed by atoms with Crippen LogP contribution < -0.4 is 0 Å². The summed E-state index contributed by atoms with van der Waals surface area (Å²) in [4.78, 5) is 11.2. The van der Waals surface area contributed by atoms with Crippen molar-refractivity contribution in [1.82, 2.24) is 0 Å². The van der Waals surface area contributed by atoms with E-state index in [9.17, 15) is 17.4 Å². The summed E-state index contributed by atoms with van der Waals surface area (Å²) in [7, 11) is -4.52. The molecule has 0 aliphatic rings. The van der Waals surface area contributed by atoms with E-state index < -0.39 is 26.6 Å². The Balaban J connectivity index is 2.78. The van der Waals surface area contributed by atoms with Gasteiger partial charge in [0.25, 0.3) is 0 Å². The molecule has 0 aromatic heterocycles. The fourth-order valence-electron chi connectivity index (χ4n) is 1.38. The number of rotatable bonds is 6. The van der Waals surface area contributed by atoms with Gasteiger partial charge >= 0.3 is 5.97 Å². The summed E-state index contributed by atoms with van der Waals surface area (Å²) in [6, 6.07) is 4.10. The molecule has 1 rings (SSSR count). The third-order valence-corrected chi connectivity index (χ3v) is 5.08. The average Bonchev–Trinajstić information content (AvgIpc) is 2.27. The highest BCUT2D eigenvalue weighted by atomic mass is 35.5. The molecule has 0 heterocycles. The Morgan fingerprint density at radius 3 is 2.58 bits per heavy atom. The molecule has 0 bridgehead atoms. The van der Waals surface area contributed by atoms with Crippen LogP contribution in [0.25, 0.3) is 0 Å². The summed E-state index contributed by atoms with van der Waals surface area (Å²) in [5, 5.41) is 8.97. The van der Waals surface area contributed by atoms with Crippen molar-refractivity contribution in [2.75, 3.05) is 17.8 Å². The Morgan fingerprint density at radius 2 is 2.05 bits per heavy atom. The van der Waals surface area contributed by atoms with E-state index in [-0.39, 0.29) is 28.5 Å². The van der Waals surface area contributed by atoms with E-state index in [0.29, 0.717) is 4.90 Å². The molecule has 0 aliphatic carbocycles. The van der Waals surface area contributed by atoms with Crippen LogP contribution in [0.5, 0.6) is 0 Å². The molecule has 8 heteroatoms.